The van der Waals surface area contributed by atoms with Gasteiger partial charge in [0.2, 0.25) is 0 Å². The second-order valence-electron chi connectivity index (χ2n) is 5.10. The number of rotatable bonds is 8. The van der Waals surface area contributed by atoms with Gasteiger partial charge in [0.05, 0.1) is 18.8 Å². The molecule has 0 saturated carbocycles. The average molecular weight is 360 g/mol. The van der Waals surface area contributed by atoms with Gasteiger partial charge in [0.1, 0.15) is 0 Å². The molecule has 0 aliphatic heterocycles. The summed E-state index contributed by atoms with van der Waals surface area (Å²) in [5, 5.41) is 13.6. The lowest BCUT2D eigenvalue weighted by Gasteiger charge is -2.13. The molecule has 0 radical (unpaired) electrons. The van der Waals surface area contributed by atoms with Crippen molar-refractivity contribution in [2.75, 3.05) is 25.1 Å². The summed E-state index contributed by atoms with van der Waals surface area (Å²) in [5.74, 6) is -0.0972. The molecule has 8 nitrogen and oxygen atoms in total. The first kappa shape index (κ1) is 19.0. The van der Waals surface area contributed by atoms with Crippen molar-refractivity contribution < 1.29 is 28.5 Å². The molecule has 0 aliphatic rings. The predicted octanol–water partition coefficient (Wildman–Crippen LogP) is 1.91. The minimum atomic E-state index is -0.692. The summed E-state index contributed by atoms with van der Waals surface area (Å²) in [5.41, 5.74) is 0.676. The Morgan fingerprint density at radius 3 is 2.35 bits per heavy atom. The van der Waals surface area contributed by atoms with E-state index >= 15 is 0 Å². The van der Waals surface area contributed by atoms with Crippen LogP contribution in [-0.4, -0.2) is 31.7 Å². The predicted molar refractivity (Wildman–Crippen MR) is 93.1 cm³/mol. The molecule has 1 aromatic heterocycles. The summed E-state index contributed by atoms with van der Waals surface area (Å²) in [7, 11) is 0. The van der Waals surface area contributed by atoms with E-state index in [2.05, 4.69) is 5.32 Å². The molecular formula is C18H20N2O6. The van der Waals surface area contributed by atoms with Crippen molar-refractivity contribution in [2.45, 2.75) is 13.8 Å². The molecule has 0 unspecified atom stereocenters. The molecule has 0 bridgehead atoms. The van der Waals surface area contributed by atoms with Crippen molar-refractivity contribution in [3.05, 3.63) is 53.5 Å². The van der Waals surface area contributed by atoms with E-state index in [1.165, 1.54) is 24.5 Å². The first-order chi connectivity index (χ1) is 12.5. The number of nitrogens with zero attached hydrogens (tertiary/aromatic N) is 1. The van der Waals surface area contributed by atoms with Gasteiger partial charge in [-0.2, -0.15) is 4.73 Å². The molecule has 0 aliphatic carbocycles. The van der Waals surface area contributed by atoms with E-state index in [0.717, 1.165) is 0 Å². The molecule has 1 N–H and O–H groups in total. The van der Waals surface area contributed by atoms with Crippen LogP contribution in [0.4, 0.5) is 5.69 Å². The molecular weight excluding hydrogens is 340 g/mol. The van der Waals surface area contributed by atoms with Gasteiger partial charge in [0.15, 0.2) is 30.5 Å². The number of aromatic nitrogens is 1. The van der Waals surface area contributed by atoms with Gasteiger partial charge in [-0.15, -0.1) is 0 Å². The van der Waals surface area contributed by atoms with Crippen LogP contribution in [0.25, 0.3) is 0 Å². The SMILES string of the molecule is CCOc1ccc(NC(=O)COC(=O)c2cc[n+]([O-])cc2)cc1OCC. The maximum absolute atomic E-state index is 12.0. The third-order valence-electron chi connectivity index (χ3n) is 3.20. The van der Waals surface area contributed by atoms with Gasteiger partial charge in [-0.1, -0.05) is 0 Å². The van der Waals surface area contributed by atoms with Crippen LogP contribution < -0.4 is 19.5 Å². The van der Waals surface area contributed by atoms with Crippen molar-refractivity contribution in [3.8, 4) is 11.5 Å². The van der Waals surface area contributed by atoms with Gasteiger partial charge in [0.25, 0.3) is 5.91 Å². The van der Waals surface area contributed by atoms with Gasteiger partial charge < -0.3 is 24.7 Å². The number of hydrogen-bond donors (Lipinski definition) is 1. The van der Waals surface area contributed by atoms with Crippen LogP contribution in [-0.2, 0) is 9.53 Å². The fourth-order valence-electron chi connectivity index (χ4n) is 2.09. The standard InChI is InChI=1S/C18H20N2O6/c1-3-24-15-6-5-14(11-16(15)25-4-2)19-17(21)12-26-18(22)13-7-9-20(23)10-8-13/h5-11H,3-4,12H2,1-2H3,(H,19,21). The zero-order chi connectivity index (χ0) is 18.9. The van der Waals surface area contributed by atoms with E-state index in [0.29, 0.717) is 35.1 Å². The molecule has 2 rings (SSSR count). The molecule has 1 aromatic carbocycles. The maximum Gasteiger partial charge on any atom is 0.339 e. The number of carbonyl (C=O) groups excluding carboxylic acids is 2. The van der Waals surface area contributed by atoms with Gasteiger partial charge in [-0.3, -0.25) is 4.79 Å². The summed E-state index contributed by atoms with van der Waals surface area (Å²) < 4.78 is 16.4. The molecule has 0 spiro atoms. The number of esters is 1. The van der Waals surface area contributed by atoms with Crippen LogP contribution in [0.2, 0.25) is 0 Å². The Bertz CT molecular complexity index is 761. The lowest BCUT2D eigenvalue weighted by molar-refractivity contribution is -0.605. The molecule has 8 heteroatoms. The van der Waals surface area contributed by atoms with Gasteiger partial charge >= 0.3 is 5.97 Å². The summed E-state index contributed by atoms with van der Waals surface area (Å²) in [6.07, 6.45) is 2.34. The highest BCUT2D eigenvalue weighted by Gasteiger charge is 2.12. The van der Waals surface area contributed by atoms with E-state index < -0.39 is 18.5 Å². The quantitative estimate of drug-likeness (QED) is 0.438. The fraction of sp³-hybridized carbons (Fsp3) is 0.278. The molecule has 1 amide bonds. The van der Waals surface area contributed by atoms with Gasteiger partial charge in [-0.25, -0.2) is 4.79 Å². The van der Waals surface area contributed by atoms with Crippen molar-refractivity contribution in [1.82, 2.24) is 0 Å². The highest BCUT2D eigenvalue weighted by Crippen LogP contribution is 2.30. The molecule has 2 aromatic rings. The number of pyridine rings is 1. The fourth-order valence-corrected chi connectivity index (χ4v) is 2.09. The Hall–Kier alpha value is -3.29. The molecule has 1 heterocycles. The largest absolute Gasteiger partial charge is 0.619 e. The second kappa shape index (κ2) is 9.26. The topological polar surface area (TPSA) is 101 Å². The Morgan fingerprint density at radius 1 is 1.04 bits per heavy atom. The monoisotopic (exact) mass is 360 g/mol. The third-order valence-corrected chi connectivity index (χ3v) is 3.20. The van der Waals surface area contributed by atoms with Crippen LogP contribution >= 0.6 is 0 Å². The lowest BCUT2D eigenvalue weighted by atomic mass is 10.2. The smallest absolute Gasteiger partial charge is 0.339 e. The molecule has 26 heavy (non-hydrogen) atoms. The lowest BCUT2D eigenvalue weighted by Crippen LogP contribution is -2.25. The van der Waals surface area contributed by atoms with E-state index in [-0.39, 0.29) is 5.56 Å². The molecule has 0 fully saturated rings. The molecule has 138 valence electrons. The van der Waals surface area contributed by atoms with Crippen molar-refractivity contribution in [1.29, 1.82) is 0 Å². The van der Waals surface area contributed by atoms with Crippen LogP contribution in [0.15, 0.2) is 42.7 Å². The summed E-state index contributed by atoms with van der Waals surface area (Å²) in [6, 6.07) is 7.62. The number of anilines is 1. The third kappa shape index (κ3) is 5.37. The van der Waals surface area contributed by atoms with Gasteiger partial charge in [-0.05, 0) is 26.0 Å². The van der Waals surface area contributed by atoms with E-state index in [1.807, 2.05) is 13.8 Å². The minimum Gasteiger partial charge on any atom is -0.619 e. The average Bonchev–Trinajstić information content (AvgIpc) is 2.63. The van der Waals surface area contributed by atoms with Crippen LogP contribution in [0.1, 0.15) is 24.2 Å². The number of nitrogens with one attached hydrogen (secondary N) is 1. The Balaban J connectivity index is 1.93. The number of hydrogen-bond acceptors (Lipinski definition) is 6. The Kier molecular flexibility index (Phi) is 6.78. The van der Waals surface area contributed by atoms with E-state index in [9.17, 15) is 14.8 Å². The minimum absolute atomic E-state index is 0.185. The number of benzene rings is 1. The summed E-state index contributed by atoms with van der Waals surface area (Å²) in [6.45, 7) is 4.20. The Labute approximate surface area is 150 Å². The highest BCUT2D eigenvalue weighted by atomic mass is 16.5. The first-order valence-corrected chi connectivity index (χ1v) is 8.09. The zero-order valence-electron chi connectivity index (χ0n) is 14.6. The van der Waals surface area contributed by atoms with Crippen molar-refractivity contribution >= 4 is 17.6 Å². The summed E-state index contributed by atoms with van der Waals surface area (Å²) >= 11 is 0. The van der Waals surface area contributed by atoms with Crippen LogP contribution in [0.5, 0.6) is 11.5 Å². The first-order valence-electron chi connectivity index (χ1n) is 8.09. The highest BCUT2D eigenvalue weighted by molar-refractivity contribution is 5.95. The van der Waals surface area contributed by atoms with E-state index in [4.69, 9.17) is 14.2 Å². The number of carbonyl (C=O) groups is 2. The van der Waals surface area contributed by atoms with E-state index in [1.54, 1.807) is 18.2 Å². The molecule has 0 saturated heterocycles. The second-order valence-corrected chi connectivity index (χ2v) is 5.10. The Morgan fingerprint density at radius 2 is 1.69 bits per heavy atom. The normalized spacial score (nSPS) is 10.1. The number of ether oxygens (including phenoxy) is 3. The van der Waals surface area contributed by atoms with Crippen molar-refractivity contribution in [3.63, 3.8) is 0 Å². The van der Waals surface area contributed by atoms with Crippen LogP contribution in [0, 0.1) is 5.21 Å². The van der Waals surface area contributed by atoms with Crippen LogP contribution in [0.3, 0.4) is 0 Å². The maximum atomic E-state index is 12.0. The zero-order valence-corrected chi connectivity index (χ0v) is 14.6. The molecule has 0 atom stereocenters. The summed E-state index contributed by atoms with van der Waals surface area (Å²) in [4.78, 5) is 23.8. The number of amides is 1. The van der Waals surface area contributed by atoms with Gasteiger partial charge in [0, 0.05) is 23.9 Å². The van der Waals surface area contributed by atoms with Crippen molar-refractivity contribution in [2.24, 2.45) is 0 Å².